The molecular weight excluding hydrogens is 240 g/mol. The molecule has 0 aliphatic carbocycles. The van der Waals surface area contributed by atoms with Crippen molar-refractivity contribution in [1.82, 2.24) is 10.2 Å². The molecule has 0 fully saturated rings. The third-order valence-corrected chi connectivity index (χ3v) is 3.37. The summed E-state index contributed by atoms with van der Waals surface area (Å²) in [5, 5.41) is 2.56. The number of likely N-dealkylation sites (N-methyl/N-ethyl adjacent to an activating group) is 2. The van der Waals surface area contributed by atoms with E-state index in [-0.39, 0.29) is 24.3 Å². The highest BCUT2D eigenvalue weighted by Gasteiger charge is 2.22. The van der Waals surface area contributed by atoms with Crippen molar-refractivity contribution in [3.63, 3.8) is 0 Å². The Labute approximate surface area is 114 Å². The molecule has 1 unspecified atom stereocenters. The Kier molecular flexibility index (Phi) is 5.24. The van der Waals surface area contributed by atoms with E-state index in [4.69, 9.17) is 0 Å². The van der Waals surface area contributed by atoms with E-state index in [1.807, 2.05) is 39.0 Å². The Morgan fingerprint density at radius 3 is 2.53 bits per heavy atom. The number of rotatable bonds is 5. The van der Waals surface area contributed by atoms with E-state index in [9.17, 15) is 9.59 Å². The number of nitrogens with one attached hydrogen (secondary N) is 1. The minimum atomic E-state index is -0.321. The second-order valence-electron chi connectivity index (χ2n) is 4.95. The van der Waals surface area contributed by atoms with E-state index in [0.717, 1.165) is 16.7 Å². The van der Waals surface area contributed by atoms with Gasteiger partial charge in [-0.2, -0.15) is 0 Å². The predicted molar refractivity (Wildman–Crippen MR) is 76.4 cm³/mol. The number of Topliss-reactive ketones (excluding diaryl/α,β-unsaturated/α-hetero) is 1. The molecule has 0 aromatic heterocycles. The number of nitrogens with zero attached hydrogens (tertiary/aromatic N) is 1. The first-order valence-electron chi connectivity index (χ1n) is 6.39. The molecule has 1 aromatic rings. The van der Waals surface area contributed by atoms with Crippen molar-refractivity contribution in [2.75, 3.05) is 20.6 Å². The van der Waals surface area contributed by atoms with Crippen LogP contribution in [-0.2, 0) is 4.79 Å². The summed E-state index contributed by atoms with van der Waals surface area (Å²) >= 11 is 0. The molecule has 0 aliphatic heterocycles. The van der Waals surface area contributed by atoms with Crippen LogP contribution in [0.2, 0.25) is 0 Å². The van der Waals surface area contributed by atoms with Gasteiger partial charge in [0.05, 0.1) is 12.6 Å². The summed E-state index contributed by atoms with van der Waals surface area (Å²) in [5.41, 5.74) is 2.77. The topological polar surface area (TPSA) is 49.4 Å². The van der Waals surface area contributed by atoms with Gasteiger partial charge in [0.2, 0.25) is 5.91 Å². The summed E-state index contributed by atoms with van der Waals surface area (Å²) in [7, 11) is 3.37. The fraction of sp³-hybridized carbons (Fsp3) is 0.467. The number of amides is 1. The molecule has 1 N–H and O–H groups in total. The van der Waals surface area contributed by atoms with Crippen LogP contribution in [0.3, 0.4) is 0 Å². The number of ketones is 1. The lowest BCUT2D eigenvalue weighted by atomic mass is 9.98. The first-order valence-corrected chi connectivity index (χ1v) is 6.39. The monoisotopic (exact) mass is 262 g/mol. The molecule has 0 saturated carbocycles. The average molecular weight is 262 g/mol. The predicted octanol–water partition coefficient (Wildman–Crippen LogP) is 1.55. The molecule has 0 radical (unpaired) electrons. The molecule has 0 bridgehead atoms. The zero-order valence-electron chi connectivity index (χ0n) is 12.3. The summed E-state index contributed by atoms with van der Waals surface area (Å²) in [5.74, 6) is -0.0456. The van der Waals surface area contributed by atoms with Crippen LogP contribution in [0.4, 0.5) is 0 Å². The van der Waals surface area contributed by atoms with Crippen LogP contribution >= 0.6 is 0 Å². The van der Waals surface area contributed by atoms with Crippen LogP contribution in [0.5, 0.6) is 0 Å². The summed E-state index contributed by atoms with van der Waals surface area (Å²) in [4.78, 5) is 25.6. The van der Waals surface area contributed by atoms with Gasteiger partial charge in [0.15, 0.2) is 5.78 Å². The van der Waals surface area contributed by atoms with Crippen LogP contribution in [0, 0.1) is 13.8 Å². The van der Waals surface area contributed by atoms with Crippen LogP contribution < -0.4 is 5.32 Å². The Hall–Kier alpha value is -1.68. The normalized spacial score (nSPS) is 12.3. The number of carbonyl (C=O) groups is 2. The molecule has 1 atom stereocenters. The van der Waals surface area contributed by atoms with E-state index in [0.29, 0.717) is 0 Å². The molecule has 4 nitrogen and oxygen atoms in total. The van der Waals surface area contributed by atoms with Gasteiger partial charge in [-0.05, 0) is 39.4 Å². The summed E-state index contributed by atoms with van der Waals surface area (Å²) < 4.78 is 0. The molecule has 1 aromatic carbocycles. The fourth-order valence-electron chi connectivity index (χ4n) is 1.87. The van der Waals surface area contributed by atoms with E-state index in [1.54, 1.807) is 19.0 Å². The van der Waals surface area contributed by atoms with Crippen LogP contribution in [-0.4, -0.2) is 43.3 Å². The van der Waals surface area contributed by atoms with Gasteiger partial charge in [-0.1, -0.05) is 17.7 Å². The summed E-state index contributed by atoms with van der Waals surface area (Å²) in [6.45, 7) is 5.94. The maximum absolute atomic E-state index is 12.5. The third kappa shape index (κ3) is 3.89. The Morgan fingerprint density at radius 1 is 1.32 bits per heavy atom. The van der Waals surface area contributed by atoms with Crippen LogP contribution in [0.15, 0.2) is 18.2 Å². The van der Waals surface area contributed by atoms with Gasteiger partial charge in [0.25, 0.3) is 0 Å². The molecule has 104 valence electrons. The number of hydrogen-bond donors (Lipinski definition) is 1. The lowest BCUT2D eigenvalue weighted by molar-refractivity contribution is -0.121. The lowest BCUT2D eigenvalue weighted by Crippen LogP contribution is -2.42. The Bertz CT molecular complexity index is 483. The van der Waals surface area contributed by atoms with Crippen molar-refractivity contribution < 1.29 is 9.59 Å². The zero-order valence-corrected chi connectivity index (χ0v) is 12.3. The first-order chi connectivity index (χ1) is 8.86. The van der Waals surface area contributed by atoms with E-state index < -0.39 is 0 Å². The van der Waals surface area contributed by atoms with Crippen molar-refractivity contribution in [2.45, 2.75) is 26.8 Å². The number of benzene rings is 1. The lowest BCUT2D eigenvalue weighted by Gasteiger charge is -2.23. The van der Waals surface area contributed by atoms with Crippen molar-refractivity contribution in [3.8, 4) is 0 Å². The van der Waals surface area contributed by atoms with Crippen LogP contribution in [0.1, 0.15) is 28.4 Å². The highest BCUT2D eigenvalue weighted by atomic mass is 16.2. The summed E-state index contributed by atoms with van der Waals surface area (Å²) in [6, 6.07) is 5.53. The fourth-order valence-corrected chi connectivity index (χ4v) is 1.87. The molecule has 4 heteroatoms. The minimum Gasteiger partial charge on any atom is -0.358 e. The summed E-state index contributed by atoms with van der Waals surface area (Å²) in [6.07, 6.45) is 0. The van der Waals surface area contributed by atoms with E-state index >= 15 is 0 Å². The van der Waals surface area contributed by atoms with Crippen molar-refractivity contribution in [1.29, 1.82) is 0 Å². The van der Waals surface area contributed by atoms with Gasteiger partial charge in [-0.25, -0.2) is 0 Å². The quantitative estimate of drug-likeness (QED) is 0.819. The molecule has 1 amide bonds. The molecule has 0 saturated heterocycles. The second kappa shape index (κ2) is 6.48. The standard InChI is InChI=1S/C15H22N2O2/c1-10-6-7-11(2)13(8-10)15(19)12(3)17(5)9-14(18)16-4/h6-8,12H,9H2,1-5H3,(H,16,18). The molecule has 0 heterocycles. The van der Waals surface area contributed by atoms with Gasteiger partial charge in [0, 0.05) is 12.6 Å². The maximum Gasteiger partial charge on any atom is 0.233 e. The van der Waals surface area contributed by atoms with Crippen molar-refractivity contribution in [3.05, 3.63) is 34.9 Å². The number of hydrogen-bond acceptors (Lipinski definition) is 3. The number of aryl methyl sites for hydroxylation is 2. The van der Waals surface area contributed by atoms with Gasteiger partial charge < -0.3 is 5.32 Å². The third-order valence-electron chi connectivity index (χ3n) is 3.37. The van der Waals surface area contributed by atoms with Gasteiger partial charge in [-0.3, -0.25) is 14.5 Å². The molecule has 1 rings (SSSR count). The van der Waals surface area contributed by atoms with E-state index in [2.05, 4.69) is 5.32 Å². The van der Waals surface area contributed by atoms with Crippen molar-refractivity contribution >= 4 is 11.7 Å². The largest absolute Gasteiger partial charge is 0.358 e. The Balaban J connectivity index is 2.87. The minimum absolute atomic E-state index is 0.0487. The van der Waals surface area contributed by atoms with Crippen LogP contribution in [0.25, 0.3) is 0 Å². The molecule has 0 aliphatic rings. The smallest absolute Gasteiger partial charge is 0.233 e. The van der Waals surface area contributed by atoms with Crippen molar-refractivity contribution in [2.24, 2.45) is 0 Å². The second-order valence-corrected chi connectivity index (χ2v) is 4.95. The molecule has 0 spiro atoms. The first kappa shape index (κ1) is 15.4. The average Bonchev–Trinajstić information content (AvgIpc) is 2.39. The van der Waals surface area contributed by atoms with Gasteiger partial charge >= 0.3 is 0 Å². The zero-order chi connectivity index (χ0) is 14.6. The highest BCUT2D eigenvalue weighted by molar-refractivity contribution is 6.01. The number of carbonyl (C=O) groups excluding carboxylic acids is 2. The van der Waals surface area contributed by atoms with E-state index in [1.165, 1.54) is 0 Å². The SMILES string of the molecule is CNC(=O)CN(C)C(C)C(=O)c1cc(C)ccc1C. The highest BCUT2D eigenvalue weighted by Crippen LogP contribution is 2.14. The maximum atomic E-state index is 12.5. The Morgan fingerprint density at radius 2 is 1.95 bits per heavy atom. The molecular formula is C15H22N2O2. The van der Waals surface area contributed by atoms with Gasteiger partial charge in [0.1, 0.15) is 0 Å². The van der Waals surface area contributed by atoms with Gasteiger partial charge in [-0.15, -0.1) is 0 Å². The molecule has 19 heavy (non-hydrogen) atoms.